The molecule has 4 nitrogen and oxygen atoms in total. The molecule has 0 unspecified atom stereocenters. The molecule has 1 aromatic rings. The first kappa shape index (κ1) is 11.4. The summed E-state index contributed by atoms with van der Waals surface area (Å²) in [6.45, 7) is 3.63. The normalized spacial score (nSPS) is 9.87. The molecule has 0 heterocycles. The molecule has 0 saturated heterocycles. The summed E-state index contributed by atoms with van der Waals surface area (Å²) in [4.78, 5) is 12.9. The van der Waals surface area contributed by atoms with E-state index < -0.39 is 0 Å². The lowest BCUT2D eigenvalue weighted by atomic mass is 10.1. The van der Waals surface area contributed by atoms with Crippen LogP contribution in [-0.4, -0.2) is 30.1 Å². The highest BCUT2D eigenvalue weighted by molar-refractivity contribution is 5.90. The van der Waals surface area contributed by atoms with Crippen molar-refractivity contribution in [2.75, 3.05) is 19.4 Å². The Morgan fingerprint density at radius 1 is 1.27 bits per heavy atom. The molecule has 15 heavy (non-hydrogen) atoms. The van der Waals surface area contributed by atoms with Crippen molar-refractivity contribution < 1.29 is 9.90 Å². The second kappa shape index (κ2) is 4.21. The highest BCUT2D eigenvalue weighted by atomic mass is 16.3. The lowest BCUT2D eigenvalue weighted by Gasteiger charge is -2.14. The van der Waals surface area contributed by atoms with E-state index in [2.05, 4.69) is 5.32 Å². The van der Waals surface area contributed by atoms with E-state index in [0.717, 1.165) is 16.8 Å². The molecular formula is C11H16N2O2. The maximum Gasteiger partial charge on any atom is 0.321 e. The van der Waals surface area contributed by atoms with E-state index in [9.17, 15) is 9.90 Å². The van der Waals surface area contributed by atoms with Crippen molar-refractivity contribution in [1.82, 2.24) is 4.90 Å². The summed E-state index contributed by atoms with van der Waals surface area (Å²) in [6.07, 6.45) is 0. The summed E-state index contributed by atoms with van der Waals surface area (Å²) in [5, 5.41) is 12.2. The van der Waals surface area contributed by atoms with Crippen molar-refractivity contribution in [2.45, 2.75) is 13.8 Å². The van der Waals surface area contributed by atoms with Crippen LogP contribution in [0.3, 0.4) is 0 Å². The number of aryl methyl sites for hydroxylation is 2. The molecule has 0 bridgehead atoms. The number of carbonyl (C=O) groups excluding carboxylic acids is 1. The summed E-state index contributed by atoms with van der Waals surface area (Å²) >= 11 is 0. The molecule has 82 valence electrons. The Kier molecular flexibility index (Phi) is 3.19. The van der Waals surface area contributed by atoms with Gasteiger partial charge in [-0.3, -0.25) is 0 Å². The van der Waals surface area contributed by atoms with Gasteiger partial charge in [-0.15, -0.1) is 0 Å². The summed E-state index contributed by atoms with van der Waals surface area (Å²) in [5.74, 6) is 0.246. The van der Waals surface area contributed by atoms with E-state index >= 15 is 0 Å². The molecule has 2 amide bonds. The van der Waals surface area contributed by atoms with E-state index in [-0.39, 0.29) is 11.8 Å². The van der Waals surface area contributed by atoms with Gasteiger partial charge in [0.1, 0.15) is 5.75 Å². The number of nitrogens with zero attached hydrogens (tertiary/aromatic N) is 1. The van der Waals surface area contributed by atoms with Crippen LogP contribution < -0.4 is 5.32 Å². The van der Waals surface area contributed by atoms with Crippen LogP contribution in [0.25, 0.3) is 0 Å². The van der Waals surface area contributed by atoms with Crippen molar-refractivity contribution >= 4 is 11.7 Å². The number of phenols is 1. The molecule has 0 spiro atoms. The zero-order valence-corrected chi connectivity index (χ0v) is 9.46. The zero-order valence-electron chi connectivity index (χ0n) is 9.46. The van der Waals surface area contributed by atoms with E-state index in [4.69, 9.17) is 0 Å². The highest BCUT2D eigenvalue weighted by Gasteiger charge is 2.08. The van der Waals surface area contributed by atoms with E-state index in [0.29, 0.717) is 0 Å². The summed E-state index contributed by atoms with van der Waals surface area (Å²) in [7, 11) is 3.36. The molecule has 0 aromatic heterocycles. The van der Waals surface area contributed by atoms with Crippen LogP contribution in [0.4, 0.5) is 10.5 Å². The Morgan fingerprint density at radius 2 is 1.87 bits per heavy atom. The molecule has 0 saturated carbocycles. The van der Waals surface area contributed by atoms with Gasteiger partial charge in [0.2, 0.25) is 0 Å². The third-order valence-corrected chi connectivity index (χ3v) is 2.19. The summed E-state index contributed by atoms with van der Waals surface area (Å²) in [6, 6.07) is 3.22. The standard InChI is InChI=1S/C11H16N2O2/c1-7-6-10(14)8(2)5-9(7)12-11(15)13(3)4/h5-6,14H,1-4H3,(H,12,15). The van der Waals surface area contributed by atoms with Crippen molar-refractivity contribution in [3.8, 4) is 5.75 Å². The fourth-order valence-corrected chi connectivity index (χ4v) is 1.16. The van der Waals surface area contributed by atoms with Crippen molar-refractivity contribution in [3.63, 3.8) is 0 Å². The largest absolute Gasteiger partial charge is 0.508 e. The smallest absolute Gasteiger partial charge is 0.321 e. The molecule has 1 aromatic carbocycles. The first-order chi connectivity index (χ1) is 6.91. The number of nitrogens with one attached hydrogen (secondary N) is 1. The van der Waals surface area contributed by atoms with Gasteiger partial charge >= 0.3 is 6.03 Å². The van der Waals surface area contributed by atoms with Gasteiger partial charge in [0, 0.05) is 19.8 Å². The Hall–Kier alpha value is -1.71. The minimum atomic E-state index is -0.178. The zero-order chi connectivity index (χ0) is 11.6. The predicted molar refractivity (Wildman–Crippen MR) is 60.3 cm³/mol. The molecule has 0 aliphatic rings. The van der Waals surface area contributed by atoms with Gasteiger partial charge in [0.25, 0.3) is 0 Å². The van der Waals surface area contributed by atoms with Crippen LogP contribution in [0.5, 0.6) is 5.75 Å². The molecule has 2 N–H and O–H groups in total. The molecule has 1 rings (SSSR count). The van der Waals surface area contributed by atoms with E-state index in [1.807, 2.05) is 6.92 Å². The number of hydrogen-bond acceptors (Lipinski definition) is 2. The van der Waals surface area contributed by atoms with Gasteiger partial charge in [-0.25, -0.2) is 4.79 Å². The molecule has 4 heteroatoms. The van der Waals surface area contributed by atoms with E-state index in [1.54, 1.807) is 33.2 Å². The average molecular weight is 208 g/mol. The molecule has 0 atom stereocenters. The number of benzene rings is 1. The molecule has 0 radical (unpaired) electrons. The molecule has 0 aliphatic heterocycles. The SMILES string of the molecule is Cc1cc(NC(=O)N(C)C)c(C)cc1O. The van der Waals surface area contributed by atoms with Crippen molar-refractivity contribution in [1.29, 1.82) is 0 Å². The lowest BCUT2D eigenvalue weighted by molar-refractivity contribution is 0.230. The van der Waals surface area contributed by atoms with Gasteiger partial charge in [-0.05, 0) is 37.1 Å². The second-order valence-corrected chi connectivity index (χ2v) is 3.78. The Morgan fingerprint density at radius 3 is 2.40 bits per heavy atom. The fraction of sp³-hybridized carbons (Fsp3) is 0.364. The highest BCUT2D eigenvalue weighted by Crippen LogP contribution is 2.24. The van der Waals surface area contributed by atoms with Crippen molar-refractivity contribution in [2.24, 2.45) is 0 Å². The first-order valence-electron chi connectivity index (χ1n) is 4.70. The van der Waals surface area contributed by atoms with Crippen LogP contribution in [0.1, 0.15) is 11.1 Å². The van der Waals surface area contributed by atoms with Crippen LogP contribution in [-0.2, 0) is 0 Å². The van der Waals surface area contributed by atoms with Gasteiger partial charge < -0.3 is 15.3 Å². The average Bonchev–Trinajstić information content (AvgIpc) is 2.13. The first-order valence-corrected chi connectivity index (χ1v) is 4.70. The number of anilines is 1. The minimum absolute atomic E-state index is 0.178. The Labute approximate surface area is 89.5 Å². The monoisotopic (exact) mass is 208 g/mol. The van der Waals surface area contributed by atoms with Gasteiger partial charge in [0.15, 0.2) is 0 Å². The number of amides is 2. The third kappa shape index (κ3) is 2.62. The van der Waals surface area contributed by atoms with E-state index in [1.165, 1.54) is 4.90 Å². The van der Waals surface area contributed by atoms with Gasteiger partial charge in [0.05, 0.1) is 0 Å². The number of phenolic OH excluding ortho intramolecular Hbond substituents is 1. The van der Waals surface area contributed by atoms with Gasteiger partial charge in [-0.1, -0.05) is 0 Å². The van der Waals surface area contributed by atoms with Crippen LogP contribution in [0, 0.1) is 13.8 Å². The minimum Gasteiger partial charge on any atom is -0.508 e. The van der Waals surface area contributed by atoms with Crippen LogP contribution in [0.2, 0.25) is 0 Å². The topological polar surface area (TPSA) is 52.6 Å². The maximum absolute atomic E-state index is 11.4. The van der Waals surface area contributed by atoms with Crippen LogP contribution >= 0.6 is 0 Å². The Balaban J connectivity index is 2.96. The molecule has 0 fully saturated rings. The quantitative estimate of drug-likeness (QED) is 0.694. The van der Waals surface area contributed by atoms with Crippen LogP contribution in [0.15, 0.2) is 12.1 Å². The van der Waals surface area contributed by atoms with Crippen molar-refractivity contribution in [3.05, 3.63) is 23.3 Å². The summed E-state index contributed by atoms with van der Waals surface area (Å²) < 4.78 is 0. The number of hydrogen-bond donors (Lipinski definition) is 2. The van der Waals surface area contributed by atoms with Gasteiger partial charge in [-0.2, -0.15) is 0 Å². The third-order valence-electron chi connectivity index (χ3n) is 2.19. The number of rotatable bonds is 1. The number of carbonyl (C=O) groups is 1. The molecular weight excluding hydrogens is 192 g/mol. The number of aromatic hydroxyl groups is 1. The maximum atomic E-state index is 11.4. The summed E-state index contributed by atoms with van der Waals surface area (Å²) in [5.41, 5.74) is 2.31. The number of urea groups is 1. The second-order valence-electron chi connectivity index (χ2n) is 3.78. The Bertz CT molecular complexity index is 386. The lowest BCUT2D eigenvalue weighted by Crippen LogP contribution is -2.27. The predicted octanol–water partition coefficient (Wildman–Crippen LogP) is 2.10. The molecule has 0 aliphatic carbocycles. The fourth-order valence-electron chi connectivity index (χ4n) is 1.16.